The van der Waals surface area contributed by atoms with E-state index in [0.29, 0.717) is 25.9 Å². The Bertz CT molecular complexity index is 808. The van der Waals surface area contributed by atoms with Gasteiger partial charge in [-0.3, -0.25) is 9.59 Å². The number of hydrogen-bond acceptors (Lipinski definition) is 7. The molecule has 0 bridgehead atoms. The van der Waals surface area contributed by atoms with E-state index in [1.54, 1.807) is 0 Å². The van der Waals surface area contributed by atoms with Gasteiger partial charge in [-0.1, -0.05) is 57.9 Å². The first-order valence-electron chi connectivity index (χ1n) is 15.8. The fourth-order valence-electron chi connectivity index (χ4n) is 5.96. The number of carbonyl (C=O) groups excluding carboxylic acids is 2. The number of unbranched alkanes of at least 4 members (excludes halogenated alkanes) is 2. The van der Waals surface area contributed by atoms with E-state index in [-0.39, 0.29) is 53.8 Å². The van der Waals surface area contributed by atoms with E-state index in [9.17, 15) is 9.59 Å². The molecular weight excluding hydrogens is 508 g/mol. The van der Waals surface area contributed by atoms with Crippen LogP contribution in [0.2, 0.25) is 0 Å². The van der Waals surface area contributed by atoms with Crippen LogP contribution in [-0.4, -0.2) is 56.9 Å². The Morgan fingerprint density at radius 2 is 1.77 bits per heavy atom. The van der Waals surface area contributed by atoms with Gasteiger partial charge in [-0.15, -0.1) is 0 Å². The zero-order valence-corrected chi connectivity index (χ0v) is 25.4. The van der Waals surface area contributed by atoms with Crippen molar-refractivity contribution in [2.75, 3.05) is 20.3 Å². The van der Waals surface area contributed by atoms with Crippen LogP contribution in [0.5, 0.6) is 0 Å². The molecule has 3 fully saturated rings. The van der Waals surface area contributed by atoms with Crippen LogP contribution in [-0.2, 0) is 33.3 Å². The van der Waals surface area contributed by atoms with Gasteiger partial charge in [-0.25, -0.2) is 0 Å². The van der Waals surface area contributed by atoms with Crippen LogP contribution in [0.3, 0.4) is 0 Å². The lowest BCUT2D eigenvalue weighted by Crippen LogP contribution is -2.37. The predicted molar refractivity (Wildman–Crippen MR) is 156 cm³/mol. The van der Waals surface area contributed by atoms with E-state index in [1.165, 1.54) is 7.11 Å². The molecule has 1 saturated carbocycles. The summed E-state index contributed by atoms with van der Waals surface area (Å²) in [7, 11) is 1.41. The average Bonchev–Trinajstić information content (AvgIpc) is 3.25. The van der Waals surface area contributed by atoms with Gasteiger partial charge >= 0.3 is 5.97 Å². The Labute approximate surface area is 242 Å². The molecule has 2 heterocycles. The summed E-state index contributed by atoms with van der Waals surface area (Å²) in [5.74, 6) is -0.134. The molecule has 2 aliphatic heterocycles. The highest BCUT2D eigenvalue weighted by Crippen LogP contribution is 2.39. The van der Waals surface area contributed by atoms with Crippen molar-refractivity contribution in [2.24, 2.45) is 17.3 Å². The molecule has 228 valence electrons. The quantitative estimate of drug-likeness (QED) is 0.113. The molecule has 0 radical (unpaired) electrons. The molecule has 3 rings (SSSR count). The fraction of sp³-hybridized carbons (Fsp3) is 0.818. The second-order valence-electron chi connectivity index (χ2n) is 12.3. The summed E-state index contributed by atoms with van der Waals surface area (Å²) in [5, 5.41) is 0. The van der Waals surface area contributed by atoms with Gasteiger partial charge in [0.15, 0.2) is 12.6 Å². The Morgan fingerprint density at radius 1 is 1.05 bits per heavy atom. The van der Waals surface area contributed by atoms with Gasteiger partial charge in [-0.2, -0.15) is 0 Å². The Balaban J connectivity index is 1.74. The summed E-state index contributed by atoms with van der Waals surface area (Å²) in [5.41, 5.74) is -0.0617. The van der Waals surface area contributed by atoms with Crippen LogP contribution in [0, 0.1) is 17.3 Å². The Morgan fingerprint density at radius 3 is 2.42 bits per heavy atom. The Hall–Kier alpha value is -1.54. The number of ketones is 1. The third kappa shape index (κ3) is 10.7. The van der Waals surface area contributed by atoms with Gasteiger partial charge in [0.1, 0.15) is 5.78 Å². The number of ether oxygens (including phenoxy) is 5. The molecule has 0 spiro atoms. The summed E-state index contributed by atoms with van der Waals surface area (Å²) < 4.78 is 29.6. The molecule has 0 aromatic heterocycles. The minimum absolute atomic E-state index is 0.0434. The molecule has 2 saturated heterocycles. The first-order chi connectivity index (χ1) is 19.3. The van der Waals surface area contributed by atoms with Crippen LogP contribution in [0.25, 0.3) is 0 Å². The lowest BCUT2D eigenvalue weighted by Gasteiger charge is -2.36. The van der Waals surface area contributed by atoms with Crippen LogP contribution in [0.1, 0.15) is 111 Å². The number of hydrogen-bond donors (Lipinski definition) is 0. The minimum Gasteiger partial charge on any atom is -0.469 e. The number of allylic oxidation sites excluding steroid dienone is 2. The maximum Gasteiger partial charge on any atom is 0.305 e. The molecule has 7 nitrogen and oxygen atoms in total. The maximum atomic E-state index is 13.3. The summed E-state index contributed by atoms with van der Waals surface area (Å²) in [6.45, 7) is 8.24. The van der Waals surface area contributed by atoms with E-state index < -0.39 is 0 Å². The molecule has 7 heteroatoms. The van der Waals surface area contributed by atoms with Crippen molar-refractivity contribution in [2.45, 2.75) is 135 Å². The van der Waals surface area contributed by atoms with Crippen molar-refractivity contribution in [1.82, 2.24) is 0 Å². The summed E-state index contributed by atoms with van der Waals surface area (Å²) in [6, 6.07) is 0. The first kappa shape index (κ1) is 33.0. The molecule has 40 heavy (non-hydrogen) atoms. The fourth-order valence-corrected chi connectivity index (χ4v) is 5.96. The highest BCUT2D eigenvalue weighted by molar-refractivity contribution is 5.85. The zero-order valence-electron chi connectivity index (χ0n) is 25.4. The third-order valence-corrected chi connectivity index (χ3v) is 8.60. The Kier molecular flexibility index (Phi) is 14.4. The van der Waals surface area contributed by atoms with Gasteiger partial charge in [0.05, 0.1) is 19.3 Å². The zero-order chi connectivity index (χ0) is 28.8. The molecular formula is C33H54O7. The van der Waals surface area contributed by atoms with Gasteiger partial charge in [0.25, 0.3) is 0 Å². The second-order valence-corrected chi connectivity index (χ2v) is 12.3. The lowest BCUT2D eigenvalue weighted by molar-refractivity contribution is -0.198. The number of carbonyl (C=O) groups is 2. The molecule has 0 amide bonds. The van der Waals surface area contributed by atoms with E-state index >= 15 is 0 Å². The molecule has 0 N–H and O–H groups in total. The maximum absolute atomic E-state index is 13.3. The largest absolute Gasteiger partial charge is 0.469 e. The summed E-state index contributed by atoms with van der Waals surface area (Å²) in [4.78, 5) is 24.7. The van der Waals surface area contributed by atoms with Crippen LogP contribution in [0.4, 0.5) is 0 Å². The van der Waals surface area contributed by atoms with Crippen molar-refractivity contribution < 1.29 is 33.3 Å². The lowest BCUT2D eigenvalue weighted by atomic mass is 9.80. The first-order valence-corrected chi connectivity index (χ1v) is 15.8. The van der Waals surface area contributed by atoms with Crippen molar-refractivity contribution in [3.63, 3.8) is 0 Å². The summed E-state index contributed by atoms with van der Waals surface area (Å²) in [6.07, 6.45) is 20.3. The van der Waals surface area contributed by atoms with Crippen LogP contribution < -0.4 is 0 Å². The minimum atomic E-state index is -0.237. The van der Waals surface area contributed by atoms with Gasteiger partial charge < -0.3 is 23.7 Å². The second kappa shape index (κ2) is 17.4. The highest BCUT2D eigenvalue weighted by atomic mass is 16.7. The molecule has 3 aliphatic rings. The van der Waals surface area contributed by atoms with Crippen LogP contribution >= 0.6 is 0 Å². The molecule has 0 aromatic rings. The van der Waals surface area contributed by atoms with Crippen molar-refractivity contribution >= 4 is 11.8 Å². The smallest absolute Gasteiger partial charge is 0.305 e. The molecule has 2 unspecified atom stereocenters. The summed E-state index contributed by atoms with van der Waals surface area (Å²) >= 11 is 0. The van der Waals surface area contributed by atoms with E-state index in [1.807, 2.05) is 0 Å². The molecule has 6 atom stereocenters. The van der Waals surface area contributed by atoms with Crippen molar-refractivity contribution in [3.8, 4) is 0 Å². The van der Waals surface area contributed by atoms with E-state index in [0.717, 1.165) is 77.2 Å². The number of esters is 1. The third-order valence-electron chi connectivity index (χ3n) is 8.60. The predicted octanol–water partition coefficient (Wildman–Crippen LogP) is 7.08. The highest BCUT2D eigenvalue weighted by Gasteiger charge is 2.43. The molecule has 1 aliphatic carbocycles. The topological polar surface area (TPSA) is 80.3 Å². The average molecular weight is 563 g/mol. The van der Waals surface area contributed by atoms with Crippen molar-refractivity contribution in [1.29, 1.82) is 0 Å². The van der Waals surface area contributed by atoms with E-state index in [2.05, 4.69) is 45.1 Å². The number of rotatable bonds is 16. The standard InChI is InChI=1S/C33H54O7/c1-5-6-21-33(2,3)29(40-32-18-12-14-23-38-32)20-19-26-25(15-9-7-8-10-16-30(35)36-4)27(34)24-28(26)39-31-17-11-13-22-37-31/h7,9,19-20,25-26,28-29,31-32H,5-6,8,10-18,21-24H2,1-4H3/b9-7-,20-19+/t25-,26-,28-,29-,31?,32?/m1/s1. The van der Waals surface area contributed by atoms with Crippen molar-refractivity contribution in [3.05, 3.63) is 24.3 Å². The monoisotopic (exact) mass is 562 g/mol. The van der Waals surface area contributed by atoms with E-state index in [4.69, 9.17) is 23.7 Å². The number of methoxy groups -OCH3 is 1. The van der Waals surface area contributed by atoms with Gasteiger partial charge in [0.2, 0.25) is 0 Å². The van der Waals surface area contributed by atoms with Crippen LogP contribution in [0.15, 0.2) is 24.3 Å². The normalized spacial score (nSPS) is 28.9. The van der Waals surface area contributed by atoms with Gasteiger partial charge in [0, 0.05) is 37.9 Å². The van der Waals surface area contributed by atoms with Gasteiger partial charge in [-0.05, 0) is 69.6 Å². The molecule has 0 aromatic carbocycles. The number of Topliss-reactive ketones (excluding diaryl/α,β-unsaturated/α-hetero) is 1. The SMILES string of the molecule is CCCCC(C)(C)[C@@H](/C=C/[C@H]1[C@H](OC2CCCCO2)CC(=O)[C@@H]1C/C=C\CCCC(=O)OC)OC1CCCCO1.